The molecule has 2 aromatic heterocycles. The van der Waals surface area contributed by atoms with Crippen LogP contribution in [0.15, 0.2) is 41.7 Å². The van der Waals surface area contributed by atoms with Gasteiger partial charge in [0.15, 0.2) is 5.96 Å². The summed E-state index contributed by atoms with van der Waals surface area (Å²) in [5, 5.41) is 7.59. The highest BCUT2D eigenvalue weighted by molar-refractivity contribution is 6.32. The average Bonchev–Trinajstić information content (AvgIpc) is 3.44. The van der Waals surface area contributed by atoms with Gasteiger partial charge >= 0.3 is 0 Å². The summed E-state index contributed by atoms with van der Waals surface area (Å²) in [6.07, 6.45) is 9.66. The molecule has 2 aliphatic rings. The second kappa shape index (κ2) is 9.98. The van der Waals surface area contributed by atoms with Gasteiger partial charge in [-0.15, -0.1) is 0 Å². The number of hydrogen-bond donors (Lipinski definition) is 2. The van der Waals surface area contributed by atoms with E-state index < -0.39 is 0 Å². The lowest BCUT2D eigenvalue weighted by molar-refractivity contribution is 0.201. The molecule has 2 fully saturated rings. The lowest BCUT2D eigenvalue weighted by Gasteiger charge is -2.20. The minimum Gasteiger partial charge on any atom is -0.474 e. The van der Waals surface area contributed by atoms with Crippen LogP contribution in [0.4, 0.5) is 5.82 Å². The fraction of sp³-hybridized carbons (Fsp3) is 0.500. The van der Waals surface area contributed by atoms with E-state index in [0.717, 1.165) is 49.7 Å². The van der Waals surface area contributed by atoms with Gasteiger partial charge in [0.1, 0.15) is 11.9 Å². The van der Waals surface area contributed by atoms with Crippen molar-refractivity contribution in [3.63, 3.8) is 0 Å². The first-order valence-corrected chi connectivity index (χ1v) is 11.0. The van der Waals surface area contributed by atoms with E-state index >= 15 is 0 Å². The first kappa shape index (κ1) is 20.7. The summed E-state index contributed by atoms with van der Waals surface area (Å²) < 4.78 is 6.01. The van der Waals surface area contributed by atoms with Gasteiger partial charge in [-0.2, -0.15) is 0 Å². The molecule has 30 heavy (non-hydrogen) atoms. The van der Waals surface area contributed by atoms with E-state index in [4.69, 9.17) is 16.3 Å². The number of nitrogens with zero attached hydrogens (tertiary/aromatic N) is 4. The molecule has 3 heterocycles. The molecule has 0 bridgehead atoms. The van der Waals surface area contributed by atoms with E-state index in [1.54, 1.807) is 13.2 Å². The molecule has 0 spiro atoms. The molecule has 0 radical (unpaired) electrons. The summed E-state index contributed by atoms with van der Waals surface area (Å²) in [7, 11) is 1.79. The number of anilines is 1. The van der Waals surface area contributed by atoms with E-state index in [2.05, 4.69) is 30.5 Å². The molecule has 160 valence electrons. The molecular formula is C22H29ClN6O. The maximum Gasteiger partial charge on any atom is 0.213 e. The fourth-order valence-electron chi connectivity index (χ4n) is 4.06. The molecule has 1 atom stereocenters. The van der Waals surface area contributed by atoms with Crippen LogP contribution in [0.1, 0.15) is 37.7 Å². The van der Waals surface area contributed by atoms with Gasteiger partial charge in [-0.1, -0.05) is 11.6 Å². The number of aliphatic imine (C=N–C) groups is 1. The molecule has 1 aliphatic carbocycles. The summed E-state index contributed by atoms with van der Waals surface area (Å²) >= 11 is 6.29. The summed E-state index contributed by atoms with van der Waals surface area (Å²) in [6.45, 7) is 2.41. The van der Waals surface area contributed by atoms with Crippen LogP contribution in [0.5, 0.6) is 5.88 Å². The molecule has 1 saturated heterocycles. The third-order valence-corrected chi connectivity index (χ3v) is 5.94. The van der Waals surface area contributed by atoms with Gasteiger partial charge in [0.25, 0.3) is 0 Å². The normalized spacial score (nSPS) is 19.9. The highest BCUT2D eigenvalue weighted by Crippen LogP contribution is 2.26. The second-order valence-corrected chi connectivity index (χ2v) is 8.24. The van der Waals surface area contributed by atoms with E-state index in [-0.39, 0.29) is 6.04 Å². The molecule has 1 saturated carbocycles. The van der Waals surface area contributed by atoms with Gasteiger partial charge in [-0.25, -0.2) is 9.97 Å². The SMILES string of the molecule is CN=C(NCc1ccnc(OC2CCCC2)c1)NC1CCN(c2ncccc2Cl)C1. The maximum atomic E-state index is 6.29. The number of aromatic nitrogens is 2. The van der Waals surface area contributed by atoms with Crippen molar-refractivity contribution in [2.45, 2.75) is 50.8 Å². The second-order valence-electron chi connectivity index (χ2n) is 7.84. The molecule has 1 unspecified atom stereocenters. The van der Waals surface area contributed by atoms with Gasteiger partial charge < -0.3 is 20.3 Å². The number of guanidine groups is 1. The van der Waals surface area contributed by atoms with Gasteiger partial charge in [0.05, 0.1) is 5.02 Å². The Balaban J connectivity index is 1.28. The Bertz CT molecular complexity index is 870. The molecule has 0 aromatic carbocycles. The van der Waals surface area contributed by atoms with Gasteiger partial charge in [0, 0.05) is 51.2 Å². The van der Waals surface area contributed by atoms with Crippen molar-refractivity contribution in [1.82, 2.24) is 20.6 Å². The number of nitrogens with one attached hydrogen (secondary N) is 2. The fourth-order valence-corrected chi connectivity index (χ4v) is 4.30. The van der Waals surface area contributed by atoms with E-state index in [0.29, 0.717) is 23.6 Å². The van der Waals surface area contributed by atoms with Gasteiger partial charge in [-0.05, 0) is 55.9 Å². The number of ether oxygens (including phenoxy) is 1. The number of rotatable bonds is 6. The van der Waals surface area contributed by atoms with Crippen molar-refractivity contribution >= 4 is 23.4 Å². The zero-order chi connectivity index (χ0) is 20.8. The smallest absolute Gasteiger partial charge is 0.213 e. The summed E-state index contributed by atoms with van der Waals surface area (Å²) in [5.74, 6) is 2.34. The van der Waals surface area contributed by atoms with Crippen LogP contribution in [0.2, 0.25) is 5.02 Å². The first-order valence-electron chi connectivity index (χ1n) is 10.7. The Morgan fingerprint density at radius 3 is 2.90 bits per heavy atom. The molecular weight excluding hydrogens is 400 g/mol. The first-order chi connectivity index (χ1) is 14.7. The van der Waals surface area contributed by atoms with Crippen LogP contribution in [0, 0.1) is 0 Å². The van der Waals surface area contributed by atoms with Crippen LogP contribution >= 0.6 is 11.6 Å². The lowest BCUT2D eigenvalue weighted by atomic mass is 10.2. The highest BCUT2D eigenvalue weighted by atomic mass is 35.5. The third-order valence-electron chi connectivity index (χ3n) is 5.64. The van der Waals surface area contributed by atoms with Crippen molar-refractivity contribution in [1.29, 1.82) is 0 Å². The van der Waals surface area contributed by atoms with Crippen molar-refractivity contribution in [3.05, 3.63) is 47.2 Å². The molecule has 0 amide bonds. The molecule has 2 aromatic rings. The highest BCUT2D eigenvalue weighted by Gasteiger charge is 2.25. The zero-order valence-corrected chi connectivity index (χ0v) is 18.1. The Morgan fingerprint density at radius 2 is 2.10 bits per heavy atom. The largest absolute Gasteiger partial charge is 0.474 e. The summed E-state index contributed by atoms with van der Waals surface area (Å²) in [5.41, 5.74) is 1.12. The Kier molecular flexibility index (Phi) is 6.89. The van der Waals surface area contributed by atoms with Crippen LogP contribution in [-0.4, -0.2) is 48.2 Å². The van der Waals surface area contributed by atoms with Gasteiger partial charge in [-0.3, -0.25) is 4.99 Å². The van der Waals surface area contributed by atoms with Crippen LogP contribution < -0.4 is 20.3 Å². The monoisotopic (exact) mass is 428 g/mol. The van der Waals surface area contributed by atoms with E-state index in [9.17, 15) is 0 Å². The number of halogens is 1. The topological polar surface area (TPSA) is 74.7 Å². The Labute approximate surface area is 182 Å². The van der Waals surface area contributed by atoms with Crippen LogP contribution in [0.25, 0.3) is 0 Å². The Morgan fingerprint density at radius 1 is 1.23 bits per heavy atom. The quantitative estimate of drug-likeness (QED) is 0.542. The predicted octanol–water partition coefficient (Wildman–Crippen LogP) is 3.40. The maximum absolute atomic E-state index is 6.29. The predicted molar refractivity (Wildman–Crippen MR) is 120 cm³/mol. The van der Waals surface area contributed by atoms with Gasteiger partial charge in [0.2, 0.25) is 5.88 Å². The van der Waals surface area contributed by atoms with Crippen molar-refractivity contribution in [2.24, 2.45) is 4.99 Å². The summed E-state index contributed by atoms with van der Waals surface area (Å²) in [4.78, 5) is 15.4. The van der Waals surface area contributed by atoms with E-state index in [1.165, 1.54) is 12.8 Å². The molecule has 2 N–H and O–H groups in total. The van der Waals surface area contributed by atoms with Crippen molar-refractivity contribution in [3.8, 4) is 5.88 Å². The Hall–Kier alpha value is -2.54. The average molecular weight is 429 g/mol. The molecule has 8 heteroatoms. The van der Waals surface area contributed by atoms with Crippen LogP contribution in [0.3, 0.4) is 0 Å². The minimum atomic E-state index is 0.285. The number of pyridine rings is 2. The minimum absolute atomic E-state index is 0.285. The zero-order valence-electron chi connectivity index (χ0n) is 17.4. The number of hydrogen-bond acceptors (Lipinski definition) is 5. The molecule has 7 nitrogen and oxygen atoms in total. The van der Waals surface area contributed by atoms with E-state index in [1.807, 2.05) is 30.5 Å². The van der Waals surface area contributed by atoms with Crippen LogP contribution in [-0.2, 0) is 6.54 Å². The summed E-state index contributed by atoms with van der Waals surface area (Å²) in [6, 6.07) is 8.03. The van der Waals surface area contributed by atoms with Crippen molar-refractivity contribution < 1.29 is 4.74 Å². The molecule has 1 aliphatic heterocycles. The molecule has 4 rings (SSSR count). The van der Waals surface area contributed by atoms with Crippen molar-refractivity contribution in [2.75, 3.05) is 25.0 Å². The lowest BCUT2D eigenvalue weighted by Crippen LogP contribution is -2.44. The standard InChI is InChI=1S/C22H29ClN6O/c1-24-22(28-17-9-12-29(15-17)21-19(23)7-4-10-26-21)27-14-16-8-11-25-20(13-16)30-18-5-2-3-6-18/h4,7-8,10-11,13,17-18H,2-3,5-6,9,12,14-15H2,1H3,(H2,24,27,28). The third kappa shape index (κ3) is 5.33.